The van der Waals surface area contributed by atoms with E-state index in [1.54, 1.807) is 0 Å². The van der Waals surface area contributed by atoms with Crippen LogP contribution in [0.3, 0.4) is 0 Å². The number of hydrogen-bond donors (Lipinski definition) is 2. The first-order valence-corrected chi connectivity index (χ1v) is 7.83. The van der Waals surface area contributed by atoms with E-state index >= 15 is 0 Å². The molecule has 116 valence electrons. The molecule has 1 atom stereocenters. The van der Waals surface area contributed by atoms with Gasteiger partial charge in [0.05, 0.1) is 7.11 Å². The van der Waals surface area contributed by atoms with Crippen LogP contribution in [0, 0.1) is 0 Å². The first-order chi connectivity index (χ1) is 9.84. The maximum absolute atomic E-state index is 11.7. The Hall–Kier alpha value is -1.93. The molecule has 1 aromatic carbocycles. The lowest BCUT2D eigenvalue weighted by Crippen LogP contribution is -2.43. The molecule has 0 bridgehead atoms. The van der Waals surface area contributed by atoms with Crippen molar-refractivity contribution < 1.29 is 27.9 Å². The number of sulfonamides is 1. The summed E-state index contributed by atoms with van der Waals surface area (Å²) in [5.41, 5.74) is 0.899. The summed E-state index contributed by atoms with van der Waals surface area (Å²) < 4.78 is 29.6. The Balaban J connectivity index is 2.66. The fourth-order valence-corrected chi connectivity index (χ4v) is 2.82. The fourth-order valence-electron chi connectivity index (χ4n) is 1.66. The third-order valence-electron chi connectivity index (χ3n) is 2.72. The van der Waals surface area contributed by atoms with Crippen molar-refractivity contribution in [2.24, 2.45) is 0 Å². The Labute approximate surface area is 123 Å². The molecule has 0 saturated heterocycles. The molecule has 7 nitrogen and oxygen atoms in total. The van der Waals surface area contributed by atoms with Gasteiger partial charge >= 0.3 is 11.9 Å². The normalized spacial score (nSPS) is 12.6. The second kappa shape index (κ2) is 7.75. The van der Waals surface area contributed by atoms with Crippen LogP contribution in [0.2, 0.25) is 0 Å². The Morgan fingerprint density at radius 2 is 1.90 bits per heavy atom. The molecule has 0 spiro atoms. The van der Waals surface area contributed by atoms with Crippen LogP contribution < -0.4 is 4.72 Å². The number of aliphatic carboxylic acids is 1. The summed E-state index contributed by atoms with van der Waals surface area (Å²) in [5.74, 6) is -3.15. The molecule has 8 heteroatoms. The zero-order valence-electron chi connectivity index (χ0n) is 11.5. The molecule has 21 heavy (non-hydrogen) atoms. The van der Waals surface area contributed by atoms with Crippen LogP contribution in [0.15, 0.2) is 30.3 Å². The number of benzene rings is 1. The van der Waals surface area contributed by atoms with Gasteiger partial charge < -0.3 is 9.84 Å². The summed E-state index contributed by atoms with van der Waals surface area (Å²) in [6.07, 6.45) is 0.484. The van der Waals surface area contributed by atoms with Crippen LogP contribution in [0.4, 0.5) is 0 Å². The number of carboxylic acids is 1. The van der Waals surface area contributed by atoms with E-state index in [0.717, 1.165) is 12.7 Å². The lowest BCUT2D eigenvalue weighted by atomic mass is 10.1. The topological polar surface area (TPSA) is 110 Å². The van der Waals surface area contributed by atoms with Crippen LogP contribution >= 0.6 is 0 Å². The van der Waals surface area contributed by atoms with Gasteiger partial charge in [-0.05, 0) is 18.4 Å². The minimum atomic E-state index is -4.05. The van der Waals surface area contributed by atoms with E-state index in [4.69, 9.17) is 5.11 Å². The molecular weight excluding hydrogens is 298 g/mol. The van der Waals surface area contributed by atoms with Gasteiger partial charge in [0, 0.05) is 0 Å². The minimum absolute atomic E-state index is 0.0831. The van der Waals surface area contributed by atoms with Crippen LogP contribution in [0.1, 0.15) is 12.0 Å². The molecule has 0 aliphatic rings. The Morgan fingerprint density at radius 3 is 2.43 bits per heavy atom. The van der Waals surface area contributed by atoms with Crippen LogP contribution in [-0.2, 0) is 30.8 Å². The van der Waals surface area contributed by atoms with Crippen molar-refractivity contribution in [3.63, 3.8) is 0 Å². The number of ether oxygens (including phenoxy) is 1. The quantitative estimate of drug-likeness (QED) is 0.662. The first kappa shape index (κ1) is 17.1. The van der Waals surface area contributed by atoms with E-state index in [-0.39, 0.29) is 6.42 Å². The van der Waals surface area contributed by atoms with Gasteiger partial charge in [-0.15, -0.1) is 0 Å². The lowest BCUT2D eigenvalue weighted by molar-refractivity contribution is -0.139. The van der Waals surface area contributed by atoms with E-state index in [9.17, 15) is 18.0 Å². The van der Waals surface area contributed by atoms with Gasteiger partial charge in [-0.3, -0.25) is 9.59 Å². The number of aryl methyl sites for hydroxylation is 1. The zero-order valence-corrected chi connectivity index (χ0v) is 12.3. The van der Waals surface area contributed by atoms with Crippen molar-refractivity contribution in [2.45, 2.75) is 18.9 Å². The molecule has 0 aromatic heterocycles. The Bertz CT molecular complexity index is 584. The summed E-state index contributed by atoms with van der Waals surface area (Å²) in [4.78, 5) is 22.1. The number of carboxylic acid groups (broad SMARTS) is 1. The monoisotopic (exact) mass is 315 g/mol. The molecule has 1 rings (SSSR count). The van der Waals surface area contributed by atoms with Gasteiger partial charge in [0.15, 0.2) is 5.75 Å². The maximum atomic E-state index is 11.7. The number of carbonyl (C=O) groups is 2. The molecule has 0 radical (unpaired) electrons. The molecule has 1 aromatic rings. The number of rotatable bonds is 8. The van der Waals surface area contributed by atoms with Gasteiger partial charge in [0.25, 0.3) is 0 Å². The smallest absolute Gasteiger partial charge is 0.322 e. The standard InChI is InChI=1S/C13H17NO6S/c1-20-12(15)9-21(18,19)14-11(13(16)17)8-7-10-5-3-2-4-6-10/h2-6,11,14H,7-9H2,1H3,(H,16,17)/t11-/m0/s1. The Kier molecular flexibility index (Phi) is 6.32. The van der Waals surface area contributed by atoms with Gasteiger partial charge in [0.2, 0.25) is 10.0 Å². The van der Waals surface area contributed by atoms with Crippen LogP contribution in [-0.4, -0.2) is 44.4 Å². The van der Waals surface area contributed by atoms with E-state index in [0.29, 0.717) is 6.42 Å². The summed E-state index contributed by atoms with van der Waals surface area (Å²) >= 11 is 0. The highest BCUT2D eigenvalue weighted by Gasteiger charge is 2.26. The SMILES string of the molecule is COC(=O)CS(=O)(=O)N[C@@H](CCc1ccccc1)C(=O)O. The van der Waals surface area contributed by atoms with Gasteiger partial charge in [-0.2, -0.15) is 0 Å². The van der Waals surface area contributed by atoms with Crippen LogP contribution in [0.25, 0.3) is 0 Å². The molecule has 0 heterocycles. The second-order valence-electron chi connectivity index (χ2n) is 4.37. The molecular formula is C13H17NO6S. The van der Waals surface area contributed by atoms with E-state index in [1.807, 2.05) is 35.1 Å². The zero-order chi connectivity index (χ0) is 15.9. The van der Waals surface area contributed by atoms with Gasteiger partial charge in [-0.1, -0.05) is 30.3 Å². The van der Waals surface area contributed by atoms with Crippen molar-refractivity contribution >= 4 is 22.0 Å². The Morgan fingerprint density at radius 1 is 1.29 bits per heavy atom. The number of methoxy groups -OCH3 is 1. The predicted octanol–water partition coefficient (Wildman–Crippen LogP) is 0.165. The predicted molar refractivity (Wildman–Crippen MR) is 75.1 cm³/mol. The summed E-state index contributed by atoms with van der Waals surface area (Å²) in [5, 5.41) is 9.06. The summed E-state index contributed by atoms with van der Waals surface area (Å²) in [6, 6.07) is 7.81. The summed E-state index contributed by atoms with van der Waals surface area (Å²) in [6.45, 7) is 0. The van der Waals surface area contributed by atoms with Crippen molar-refractivity contribution in [3.05, 3.63) is 35.9 Å². The maximum Gasteiger partial charge on any atom is 0.322 e. The van der Waals surface area contributed by atoms with Crippen molar-refractivity contribution in [1.29, 1.82) is 0 Å². The lowest BCUT2D eigenvalue weighted by Gasteiger charge is -2.14. The van der Waals surface area contributed by atoms with Crippen molar-refractivity contribution in [3.8, 4) is 0 Å². The third kappa shape index (κ3) is 6.37. The van der Waals surface area contributed by atoms with Gasteiger partial charge in [-0.25, -0.2) is 13.1 Å². The van der Waals surface area contributed by atoms with E-state index in [2.05, 4.69) is 4.74 Å². The number of carbonyl (C=O) groups excluding carboxylic acids is 1. The molecule has 0 saturated carbocycles. The number of hydrogen-bond acceptors (Lipinski definition) is 5. The summed E-state index contributed by atoms with van der Waals surface area (Å²) in [7, 11) is -2.99. The molecule has 2 N–H and O–H groups in total. The highest BCUT2D eigenvalue weighted by molar-refractivity contribution is 7.90. The largest absolute Gasteiger partial charge is 0.480 e. The highest BCUT2D eigenvalue weighted by atomic mass is 32.2. The van der Waals surface area contributed by atoms with Crippen molar-refractivity contribution in [2.75, 3.05) is 12.9 Å². The fraction of sp³-hybridized carbons (Fsp3) is 0.385. The minimum Gasteiger partial charge on any atom is -0.480 e. The van der Waals surface area contributed by atoms with Crippen LogP contribution in [0.5, 0.6) is 0 Å². The van der Waals surface area contributed by atoms with E-state index < -0.39 is 33.8 Å². The number of nitrogens with one attached hydrogen (secondary N) is 1. The molecule has 0 aliphatic heterocycles. The van der Waals surface area contributed by atoms with E-state index in [1.165, 1.54) is 0 Å². The average Bonchev–Trinajstić information content (AvgIpc) is 2.43. The van der Waals surface area contributed by atoms with Gasteiger partial charge in [0.1, 0.15) is 6.04 Å². The molecule has 0 fully saturated rings. The number of esters is 1. The molecule has 0 aliphatic carbocycles. The third-order valence-corrected chi connectivity index (χ3v) is 3.98. The first-order valence-electron chi connectivity index (χ1n) is 6.17. The molecule has 0 amide bonds. The van der Waals surface area contributed by atoms with Crippen molar-refractivity contribution in [1.82, 2.24) is 4.72 Å². The second-order valence-corrected chi connectivity index (χ2v) is 6.12. The molecule has 0 unspecified atom stereocenters. The highest BCUT2D eigenvalue weighted by Crippen LogP contribution is 2.06. The average molecular weight is 315 g/mol.